The first-order valence-electron chi connectivity index (χ1n) is 9.29. The van der Waals surface area contributed by atoms with Gasteiger partial charge in [0.1, 0.15) is 0 Å². The van der Waals surface area contributed by atoms with Crippen LogP contribution >= 0.6 is 23.1 Å². The van der Waals surface area contributed by atoms with Crippen molar-refractivity contribution in [2.75, 3.05) is 0 Å². The molecule has 0 fully saturated rings. The third-order valence-corrected chi connectivity index (χ3v) is 5.96. The molecule has 0 saturated carbocycles. The van der Waals surface area contributed by atoms with Gasteiger partial charge in [-0.3, -0.25) is 0 Å². The molecule has 2 aromatic rings. The van der Waals surface area contributed by atoms with Gasteiger partial charge in [-0.2, -0.15) is 8.75 Å². The molecule has 0 spiro atoms. The van der Waals surface area contributed by atoms with Crippen molar-refractivity contribution in [1.82, 2.24) is 8.75 Å². The van der Waals surface area contributed by atoms with Gasteiger partial charge < -0.3 is 0 Å². The second-order valence-electron chi connectivity index (χ2n) is 5.30. The van der Waals surface area contributed by atoms with E-state index in [-0.39, 0.29) is 0 Å². The first kappa shape index (κ1) is 25.5. The molecule has 0 N–H and O–H groups in total. The SMILES string of the molecule is CC.CC.CCc1nsc(CC)c1C.Cc1nsc(C(C)C)c1C. The minimum Gasteiger partial charge on any atom is -0.197 e. The highest BCUT2D eigenvalue weighted by atomic mass is 32.1. The van der Waals surface area contributed by atoms with E-state index in [1.807, 2.05) is 27.7 Å². The number of aryl methyl sites for hydroxylation is 3. The van der Waals surface area contributed by atoms with E-state index in [0.29, 0.717) is 5.92 Å². The van der Waals surface area contributed by atoms with Gasteiger partial charge in [0.25, 0.3) is 0 Å². The topological polar surface area (TPSA) is 25.8 Å². The standard InChI is InChI=1S/2C8H13NS.2C2H6/c1-5(2)8-6(3)7(4)9-10-8;1-4-7-6(3)8(5-2)10-9-7;2*1-2/h5H,1-4H3;4-5H2,1-3H3;2*1-2H3. The molecule has 0 aliphatic carbocycles. The van der Waals surface area contributed by atoms with Crippen molar-refractivity contribution in [1.29, 1.82) is 0 Å². The molecule has 0 aliphatic rings. The molecular weight excluding hydrogens is 332 g/mol. The van der Waals surface area contributed by atoms with E-state index in [2.05, 4.69) is 57.2 Å². The molecule has 0 unspecified atom stereocenters. The summed E-state index contributed by atoms with van der Waals surface area (Å²) in [7, 11) is 0. The second-order valence-corrected chi connectivity index (χ2v) is 6.96. The fourth-order valence-corrected chi connectivity index (χ4v) is 3.78. The average Bonchev–Trinajstić information content (AvgIpc) is 3.14. The summed E-state index contributed by atoms with van der Waals surface area (Å²) >= 11 is 3.28. The maximum Gasteiger partial charge on any atom is 0.0571 e. The van der Waals surface area contributed by atoms with Gasteiger partial charge in [-0.1, -0.05) is 55.4 Å². The molecule has 0 saturated heterocycles. The Morgan fingerprint density at radius 3 is 1.54 bits per heavy atom. The van der Waals surface area contributed by atoms with Gasteiger partial charge in [-0.05, 0) is 73.7 Å². The van der Waals surface area contributed by atoms with Crippen LogP contribution in [0.4, 0.5) is 0 Å². The van der Waals surface area contributed by atoms with Gasteiger partial charge in [0, 0.05) is 9.75 Å². The lowest BCUT2D eigenvalue weighted by Crippen LogP contribution is -1.85. The van der Waals surface area contributed by atoms with Gasteiger partial charge in [-0.25, -0.2) is 0 Å². The van der Waals surface area contributed by atoms with Gasteiger partial charge in [0.2, 0.25) is 0 Å². The lowest BCUT2D eigenvalue weighted by Gasteiger charge is -2.00. The van der Waals surface area contributed by atoms with Crippen molar-refractivity contribution in [3.63, 3.8) is 0 Å². The molecule has 2 aromatic heterocycles. The minimum atomic E-state index is 0.631. The number of nitrogens with zero attached hydrogens (tertiary/aromatic N) is 2. The van der Waals surface area contributed by atoms with Crippen LogP contribution in [0.5, 0.6) is 0 Å². The van der Waals surface area contributed by atoms with Crippen LogP contribution < -0.4 is 0 Å². The van der Waals surface area contributed by atoms with Crippen LogP contribution in [0.3, 0.4) is 0 Å². The van der Waals surface area contributed by atoms with Crippen molar-refractivity contribution < 1.29 is 0 Å². The molecule has 0 atom stereocenters. The predicted molar refractivity (Wildman–Crippen MR) is 114 cm³/mol. The monoisotopic (exact) mass is 370 g/mol. The van der Waals surface area contributed by atoms with Crippen LogP contribution in [0.15, 0.2) is 0 Å². The maximum atomic E-state index is 4.35. The molecule has 0 bridgehead atoms. The van der Waals surface area contributed by atoms with Crippen LogP contribution in [0.25, 0.3) is 0 Å². The highest BCUT2D eigenvalue weighted by Gasteiger charge is 2.08. The van der Waals surface area contributed by atoms with Crippen molar-refractivity contribution in [2.45, 2.75) is 94.9 Å². The van der Waals surface area contributed by atoms with Crippen molar-refractivity contribution in [2.24, 2.45) is 0 Å². The molecule has 2 rings (SSSR count). The fraction of sp³-hybridized carbons (Fsp3) is 0.700. The zero-order valence-electron chi connectivity index (χ0n) is 17.7. The van der Waals surface area contributed by atoms with Crippen molar-refractivity contribution in [3.8, 4) is 0 Å². The van der Waals surface area contributed by atoms with E-state index >= 15 is 0 Å². The number of aromatic nitrogens is 2. The summed E-state index contributed by atoms with van der Waals surface area (Å²) in [5.41, 5.74) is 5.26. The quantitative estimate of drug-likeness (QED) is 0.558. The molecular formula is C20H38N2S2. The Morgan fingerprint density at radius 2 is 1.33 bits per heavy atom. The summed E-state index contributed by atoms with van der Waals surface area (Å²) in [5, 5.41) is 0. The Bertz CT molecular complexity index is 518. The lowest BCUT2D eigenvalue weighted by atomic mass is 10.1. The van der Waals surface area contributed by atoms with Crippen LogP contribution in [0.1, 0.15) is 93.6 Å². The van der Waals surface area contributed by atoms with Gasteiger partial charge >= 0.3 is 0 Å². The van der Waals surface area contributed by atoms with Gasteiger partial charge in [0.15, 0.2) is 0 Å². The largest absolute Gasteiger partial charge is 0.197 e. The molecule has 2 nitrogen and oxygen atoms in total. The lowest BCUT2D eigenvalue weighted by molar-refractivity contribution is 0.879. The Morgan fingerprint density at radius 1 is 0.792 bits per heavy atom. The summed E-state index contributed by atoms with van der Waals surface area (Å²) in [4.78, 5) is 2.87. The minimum absolute atomic E-state index is 0.631. The van der Waals surface area contributed by atoms with E-state index in [4.69, 9.17) is 0 Å². The van der Waals surface area contributed by atoms with Gasteiger partial charge in [0.05, 0.1) is 11.4 Å². The highest BCUT2D eigenvalue weighted by molar-refractivity contribution is 7.06. The molecule has 140 valence electrons. The Kier molecular flexibility index (Phi) is 15.5. The zero-order chi connectivity index (χ0) is 19.3. The number of hydrogen-bond acceptors (Lipinski definition) is 4. The zero-order valence-corrected chi connectivity index (χ0v) is 19.3. The van der Waals surface area contributed by atoms with E-state index in [1.165, 1.54) is 32.3 Å². The van der Waals surface area contributed by atoms with Crippen LogP contribution in [-0.4, -0.2) is 8.75 Å². The Hall–Kier alpha value is -0.740. The van der Waals surface area contributed by atoms with E-state index < -0.39 is 0 Å². The van der Waals surface area contributed by atoms with Crippen LogP contribution in [0, 0.1) is 20.8 Å². The second kappa shape index (κ2) is 14.6. The molecule has 4 heteroatoms. The van der Waals surface area contributed by atoms with Crippen LogP contribution in [0.2, 0.25) is 0 Å². The normalized spacial score (nSPS) is 9.33. The summed E-state index contributed by atoms with van der Waals surface area (Å²) < 4.78 is 8.63. The van der Waals surface area contributed by atoms with Crippen molar-refractivity contribution >= 4 is 23.1 Å². The van der Waals surface area contributed by atoms with E-state index in [0.717, 1.165) is 12.8 Å². The van der Waals surface area contributed by atoms with E-state index in [9.17, 15) is 0 Å². The fourth-order valence-electron chi connectivity index (χ4n) is 2.04. The highest BCUT2D eigenvalue weighted by Crippen LogP contribution is 2.25. The third kappa shape index (κ3) is 7.89. The smallest absolute Gasteiger partial charge is 0.0571 e. The molecule has 0 aliphatic heterocycles. The number of hydrogen-bond donors (Lipinski definition) is 0. The molecule has 0 aromatic carbocycles. The Balaban J connectivity index is 0. The average molecular weight is 371 g/mol. The van der Waals surface area contributed by atoms with Gasteiger partial charge in [-0.15, -0.1) is 0 Å². The molecule has 24 heavy (non-hydrogen) atoms. The molecule has 0 amide bonds. The molecule has 0 radical (unpaired) electrons. The van der Waals surface area contributed by atoms with Crippen molar-refractivity contribution in [3.05, 3.63) is 32.3 Å². The summed E-state index contributed by atoms with van der Waals surface area (Å²) in [6, 6.07) is 0. The van der Waals surface area contributed by atoms with E-state index in [1.54, 1.807) is 23.1 Å². The maximum absolute atomic E-state index is 4.35. The summed E-state index contributed by atoms with van der Waals surface area (Å²) in [6.07, 6.45) is 2.20. The third-order valence-electron chi connectivity index (χ3n) is 3.49. The predicted octanol–water partition coefficient (Wildman–Crippen LogP) is 7.51. The summed E-state index contributed by atoms with van der Waals surface area (Å²) in [6.45, 7) is 23.1. The Labute approximate surface area is 159 Å². The summed E-state index contributed by atoms with van der Waals surface area (Å²) in [5.74, 6) is 0.631. The number of rotatable bonds is 3. The first-order valence-corrected chi connectivity index (χ1v) is 10.8. The molecule has 2 heterocycles. The van der Waals surface area contributed by atoms with Crippen LogP contribution in [-0.2, 0) is 12.8 Å². The first-order chi connectivity index (χ1) is 11.4.